The molecule has 0 unspecified atom stereocenters. The van der Waals surface area contributed by atoms with Crippen LogP contribution in [0, 0.1) is 0 Å². The minimum atomic E-state index is 0.958. The first-order chi connectivity index (χ1) is 7.20. The van der Waals surface area contributed by atoms with Crippen LogP contribution in [-0.2, 0) is 0 Å². The molecule has 0 amide bonds. The molecule has 0 bridgehead atoms. The fourth-order valence-electron chi connectivity index (χ4n) is 1.46. The van der Waals surface area contributed by atoms with Crippen LogP contribution in [0.5, 0.6) is 0 Å². The van der Waals surface area contributed by atoms with Crippen molar-refractivity contribution in [2.75, 3.05) is 40.3 Å². The second kappa shape index (κ2) is 9.94. The number of hydrogen-bond acceptors (Lipinski definition) is 2. The molecule has 0 heterocycles. The maximum Gasteiger partial charge on any atom is 0.0163 e. The lowest BCUT2D eigenvalue weighted by atomic mass is 10.3. The van der Waals surface area contributed by atoms with Gasteiger partial charge in [0.1, 0.15) is 0 Å². The van der Waals surface area contributed by atoms with Crippen LogP contribution in [0.2, 0.25) is 0 Å². The number of nitrogens with zero attached hydrogens (tertiary/aromatic N) is 2. The molecule has 0 rings (SSSR count). The fraction of sp³-hybridized carbons (Fsp3) is 0.692. The zero-order valence-corrected chi connectivity index (χ0v) is 10.6. The van der Waals surface area contributed by atoms with E-state index in [0.717, 1.165) is 26.1 Å². The maximum atomic E-state index is 3.72. The highest BCUT2D eigenvalue weighted by Gasteiger charge is 1.93. The van der Waals surface area contributed by atoms with Gasteiger partial charge in [-0.05, 0) is 33.5 Å². The molecule has 0 aliphatic carbocycles. The summed E-state index contributed by atoms with van der Waals surface area (Å²) in [5, 5.41) is 0. The second-order valence-electron chi connectivity index (χ2n) is 4.07. The van der Waals surface area contributed by atoms with Crippen molar-refractivity contribution in [3.8, 4) is 0 Å². The normalized spacial score (nSPS) is 11.8. The highest BCUT2D eigenvalue weighted by atomic mass is 15.1. The van der Waals surface area contributed by atoms with Crippen LogP contribution in [0.25, 0.3) is 0 Å². The first-order valence-corrected chi connectivity index (χ1v) is 5.83. The first-order valence-electron chi connectivity index (χ1n) is 5.83. The third-order valence-corrected chi connectivity index (χ3v) is 2.31. The van der Waals surface area contributed by atoms with Gasteiger partial charge in [0, 0.05) is 19.6 Å². The van der Waals surface area contributed by atoms with Crippen molar-refractivity contribution in [3.05, 3.63) is 24.8 Å². The van der Waals surface area contributed by atoms with Gasteiger partial charge >= 0.3 is 0 Å². The molecule has 15 heavy (non-hydrogen) atoms. The summed E-state index contributed by atoms with van der Waals surface area (Å²) in [6.45, 7) is 10.3. The van der Waals surface area contributed by atoms with E-state index in [0.29, 0.717) is 0 Å². The quantitative estimate of drug-likeness (QED) is 0.539. The lowest BCUT2D eigenvalue weighted by molar-refractivity contribution is 0.341. The van der Waals surface area contributed by atoms with E-state index < -0.39 is 0 Å². The van der Waals surface area contributed by atoms with Crippen LogP contribution in [0.1, 0.15) is 19.8 Å². The van der Waals surface area contributed by atoms with Gasteiger partial charge in [-0.15, -0.1) is 6.58 Å². The third kappa shape index (κ3) is 9.70. The Morgan fingerprint density at radius 1 is 1.00 bits per heavy atom. The number of hydrogen-bond donors (Lipinski definition) is 0. The maximum absolute atomic E-state index is 3.72. The summed E-state index contributed by atoms with van der Waals surface area (Å²) in [7, 11) is 4.29. The van der Waals surface area contributed by atoms with Gasteiger partial charge in [0.15, 0.2) is 0 Å². The van der Waals surface area contributed by atoms with Crippen molar-refractivity contribution in [1.82, 2.24) is 9.80 Å². The standard InChI is InChI=1S/C13H26N2/c1-5-10-14(3)12-8-7-9-13-15(4)11-6-2/h5,7-8H,1,6,9-13H2,2-4H3/b8-7-. The van der Waals surface area contributed by atoms with Gasteiger partial charge in [0.2, 0.25) is 0 Å². The van der Waals surface area contributed by atoms with E-state index in [9.17, 15) is 0 Å². The fourth-order valence-corrected chi connectivity index (χ4v) is 1.46. The Morgan fingerprint density at radius 2 is 1.73 bits per heavy atom. The SMILES string of the molecule is C=CCN(C)C/C=C\CCN(C)CCC. The van der Waals surface area contributed by atoms with Crippen molar-refractivity contribution in [2.24, 2.45) is 0 Å². The molecule has 0 radical (unpaired) electrons. The van der Waals surface area contributed by atoms with Gasteiger partial charge in [0.05, 0.1) is 0 Å². The highest BCUT2D eigenvalue weighted by molar-refractivity contribution is 4.86. The zero-order chi connectivity index (χ0) is 11.5. The predicted molar refractivity (Wildman–Crippen MR) is 69.2 cm³/mol. The molecule has 0 atom stereocenters. The molecule has 0 fully saturated rings. The summed E-state index contributed by atoms with van der Waals surface area (Å²) in [5.74, 6) is 0. The van der Waals surface area contributed by atoms with Crippen LogP contribution in [0.4, 0.5) is 0 Å². The molecule has 0 aliphatic rings. The molecule has 0 aromatic heterocycles. The van der Waals surface area contributed by atoms with Crippen molar-refractivity contribution < 1.29 is 0 Å². The topological polar surface area (TPSA) is 6.48 Å². The van der Waals surface area contributed by atoms with Crippen LogP contribution in [0.15, 0.2) is 24.8 Å². The average molecular weight is 210 g/mol. The molecular formula is C13H26N2. The van der Waals surface area contributed by atoms with Crippen LogP contribution >= 0.6 is 0 Å². The van der Waals surface area contributed by atoms with E-state index in [1.807, 2.05) is 6.08 Å². The van der Waals surface area contributed by atoms with Crippen LogP contribution < -0.4 is 0 Å². The molecular weight excluding hydrogens is 184 g/mol. The van der Waals surface area contributed by atoms with E-state index in [2.05, 4.69) is 49.5 Å². The van der Waals surface area contributed by atoms with Crippen LogP contribution in [0.3, 0.4) is 0 Å². The Balaban J connectivity index is 3.41. The number of likely N-dealkylation sites (N-methyl/N-ethyl adjacent to an activating group) is 1. The van der Waals surface area contributed by atoms with Crippen molar-refractivity contribution in [2.45, 2.75) is 19.8 Å². The molecule has 0 N–H and O–H groups in total. The van der Waals surface area contributed by atoms with Gasteiger partial charge in [-0.25, -0.2) is 0 Å². The van der Waals surface area contributed by atoms with Gasteiger partial charge < -0.3 is 4.90 Å². The minimum absolute atomic E-state index is 0.958. The van der Waals surface area contributed by atoms with E-state index in [4.69, 9.17) is 0 Å². The summed E-state index contributed by atoms with van der Waals surface area (Å²) >= 11 is 0. The molecule has 2 nitrogen and oxygen atoms in total. The Kier molecular flexibility index (Phi) is 9.54. The Labute approximate surface area is 95.3 Å². The van der Waals surface area contributed by atoms with Crippen molar-refractivity contribution in [3.63, 3.8) is 0 Å². The Hall–Kier alpha value is -0.600. The van der Waals surface area contributed by atoms with E-state index in [1.165, 1.54) is 13.0 Å². The van der Waals surface area contributed by atoms with E-state index in [-0.39, 0.29) is 0 Å². The van der Waals surface area contributed by atoms with Crippen LogP contribution in [-0.4, -0.2) is 50.1 Å². The summed E-state index contributed by atoms with van der Waals surface area (Å²) < 4.78 is 0. The molecule has 0 aromatic carbocycles. The summed E-state index contributed by atoms with van der Waals surface area (Å²) in [5.41, 5.74) is 0. The smallest absolute Gasteiger partial charge is 0.0163 e. The second-order valence-corrected chi connectivity index (χ2v) is 4.07. The zero-order valence-electron chi connectivity index (χ0n) is 10.6. The largest absolute Gasteiger partial charge is 0.306 e. The molecule has 0 saturated heterocycles. The first kappa shape index (κ1) is 14.4. The molecule has 2 heteroatoms. The Morgan fingerprint density at radius 3 is 2.33 bits per heavy atom. The van der Waals surface area contributed by atoms with Gasteiger partial charge in [-0.1, -0.05) is 25.2 Å². The van der Waals surface area contributed by atoms with Crippen molar-refractivity contribution >= 4 is 0 Å². The molecule has 0 spiro atoms. The molecule has 0 aliphatic heterocycles. The molecule has 0 saturated carbocycles. The number of rotatable bonds is 9. The van der Waals surface area contributed by atoms with Gasteiger partial charge in [-0.2, -0.15) is 0 Å². The van der Waals surface area contributed by atoms with Crippen molar-refractivity contribution in [1.29, 1.82) is 0 Å². The highest BCUT2D eigenvalue weighted by Crippen LogP contribution is 1.92. The third-order valence-electron chi connectivity index (χ3n) is 2.31. The molecule has 88 valence electrons. The van der Waals surface area contributed by atoms with E-state index in [1.54, 1.807) is 0 Å². The monoisotopic (exact) mass is 210 g/mol. The summed E-state index contributed by atoms with van der Waals surface area (Å²) in [4.78, 5) is 4.61. The summed E-state index contributed by atoms with van der Waals surface area (Å²) in [6.07, 6.45) is 8.83. The average Bonchev–Trinajstić information content (AvgIpc) is 2.18. The lowest BCUT2D eigenvalue weighted by Gasteiger charge is -2.14. The van der Waals surface area contributed by atoms with Gasteiger partial charge in [0.25, 0.3) is 0 Å². The van der Waals surface area contributed by atoms with Gasteiger partial charge in [-0.3, -0.25) is 4.90 Å². The molecule has 0 aromatic rings. The van der Waals surface area contributed by atoms with E-state index >= 15 is 0 Å². The summed E-state index contributed by atoms with van der Waals surface area (Å²) in [6, 6.07) is 0. The predicted octanol–water partition coefficient (Wildman–Crippen LogP) is 2.39. The Bertz CT molecular complexity index is 175. The lowest BCUT2D eigenvalue weighted by Crippen LogP contribution is -2.20. The minimum Gasteiger partial charge on any atom is -0.306 e.